The maximum Gasteiger partial charge on any atom is 0.0627 e. The van der Waals surface area contributed by atoms with Crippen LogP contribution in [0.1, 0.15) is 20.8 Å². The average Bonchev–Trinajstić information content (AvgIpc) is 2.18. The van der Waals surface area contributed by atoms with Crippen LogP contribution >= 0.6 is 0 Å². The number of aliphatic imine (C=N–C) groups is 1. The van der Waals surface area contributed by atoms with Gasteiger partial charge in [0.2, 0.25) is 0 Å². The molecule has 0 aromatic heterocycles. The van der Waals surface area contributed by atoms with Crippen molar-refractivity contribution in [1.29, 1.82) is 0 Å². The van der Waals surface area contributed by atoms with E-state index in [0.29, 0.717) is 5.70 Å². The summed E-state index contributed by atoms with van der Waals surface area (Å²) in [4.78, 5) is 4.37. The lowest BCUT2D eigenvalue weighted by atomic mass is 10.1. The van der Waals surface area contributed by atoms with E-state index in [9.17, 15) is 0 Å². The normalized spacial score (nSPS) is 13.0. The Labute approximate surface area is 92.9 Å². The van der Waals surface area contributed by atoms with Gasteiger partial charge in [-0.2, -0.15) is 0 Å². The fourth-order valence-corrected chi connectivity index (χ4v) is 0.957. The lowest BCUT2D eigenvalue weighted by molar-refractivity contribution is 1.34. The minimum atomic E-state index is 0.697. The first kappa shape index (κ1) is 13.4. The Kier molecular flexibility index (Phi) is 6.03. The van der Waals surface area contributed by atoms with E-state index in [-0.39, 0.29) is 0 Å². The molecule has 0 aliphatic carbocycles. The van der Waals surface area contributed by atoms with E-state index in [1.165, 1.54) is 0 Å². The molecule has 0 radical (unpaired) electrons. The Morgan fingerprint density at radius 1 is 1.20 bits per heavy atom. The van der Waals surface area contributed by atoms with Gasteiger partial charge in [-0.15, -0.1) is 0 Å². The molecular weight excluding hydrogens is 182 g/mol. The van der Waals surface area contributed by atoms with Gasteiger partial charge in [0.25, 0.3) is 0 Å². The fraction of sp³-hybridized carbons (Fsp3) is 0.214. The Balaban J connectivity index is 4.77. The van der Waals surface area contributed by atoms with Crippen LogP contribution in [0.5, 0.6) is 0 Å². The minimum Gasteiger partial charge on any atom is -0.254 e. The molecule has 0 aromatic carbocycles. The Morgan fingerprint density at radius 3 is 2.27 bits per heavy atom. The smallest absolute Gasteiger partial charge is 0.0627 e. The SMILES string of the molecule is C=C/C=C(\C)C(C)=NC(=C)C(=C)/C=C\C. The highest BCUT2D eigenvalue weighted by Crippen LogP contribution is 2.10. The number of hydrogen-bond acceptors (Lipinski definition) is 1. The van der Waals surface area contributed by atoms with Gasteiger partial charge in [-0.1, -0.05) is 44.0 Å². The van der Waals surface area contributed by atoms with Crippen molar-refractivity contribution in [3.05, 3.63) is 60.9 Å². The van der Waals surface area contributed by atoms with Crippen LogP contribution in [0.4, 0.5) is 0 Å². The van der Waals surface area contributed by atoms with Gasteiger partial charge in [-0.3, -0.25) is 4.99 Å². The third kappa shape index (κ3) is 4.96. The predicted molar refractivity (Wildman–Crippen MR) is 70.2 cm³/mol. The lowest BCUT2D eigenvalue weighted by Gasteiger charge is -2.03. The zero-order valence-corrected chi connectivity index (χ0v) is 9.88. The van der Waals surface area contributed by atoms with Crippen molar-refractivity contribution in [2.24, 2.45) is 4.99 Å². The van der Waals surface area contributed by atoms with Crippen molar-refractivity contribution in [2.75, 3.05) is 0 Å². The molecule has 0 saturated heterocycles. The first-order valence-electron chi connectivity index (χ1n) is 4.88. The van der Waals surface area contributed by atoms with Gasteiger partial charge < -0.3 is 0 Å². The molecule has 0 fully saturated rings. The van der Waals surface area contributed by atoms with Crippen LogP contribution in [-0.4, -0.2) is 5.71 Å². The highest BCUT2D eigenvalue weighted by molar-refractivity contribution is 5.98. The van der Waals surface area contributed by atoms with E-state index < -0.39 is 0 Å². The van der Waals surface area contributed by atoms with Gasteiger partial charge in [-0.25, -0.2) is 0 Å². The number of hydrogen-bond donors (Lipinski definition) is 0. The van der Waals surface area contributed by atoms with Crippen LogP contribution in [-0.2, 0) is 0 Å². The molecule has 0 N–H and O–H groups in total. The minimum absolute atomic E-state index is 0.697. The lowest BCUT2D eigenvalue weighted by Crippen LogP contribution is -1.94. The van der Waals surface area contributed by atoms with E-state index in [2.05, 4.69) is 24.7 Å². The summed E-state index contributed by atoms with van der Waals surface area (Å²) < 4.78 is 0. The molecular formula is C14H19N. The second-order valence-corrected chi connectivity index (χ2v) is 3.25. The van der Waals surface area contributed by atoms with Gasteiger partial charge in [0.15, 0.2) is 0 Å². The van der Waals surface area contributed by atoms with Crippen molar-refractivity contribution in [3.63, 3.8) is 0 Å². The van der Waals surface area contributed by atoms with Crippen LogP contribution in [0.15, 0.2) is 65.9 Å². The van der Waals surface area contributed by atoms with Gasteiger partial charge in [0.05, 0.1) is 5.70 Å². The summed E-state index contributed by atoms with van der Waals surface area (Å²) in [6, 6.07) is 0. The van der Waals surface area contributed by atoms with Crippen molar-refractivity contribution >= 4 is 5.71 Å². The maximum absolute atomic E-state index is 4.37. The van der Waals surface area contributed by atoms with Crippen LogP contribution < -0.4 is 0 Å². The standard InChI is InChI=1S/C14H19N/c1-7-9-11(3)13(5)15-14(6)12(4)10-8-2/h7-10H,1,4,6H2,2-3,5H3/b10-8-,11-9+,15-13?. The summed E-state index contributed by atoms with van der Waals surface area (Å²) in [7, 11) is 0. The highest BCUT2D eigenvalue weighted by Gasteiger charge is 1.97. The van der Waals surface area contributed by atoms with Crippen molar-refractivity contribution in [3.8, 4) is 0 Å². The van der Waals surface area contributed by atoms with E-state index in [1.54, 1.807) is 6.08 Å². The molecule has 0 heterocycles. The summed E-state index contributed by atoms with van der Waals surface area (Å²) >= 11 is 0. The van der Waals surface area contributed by atoms with Crippen LogP contribution in [0, 0.1) is 0 Å². The van der Waals surface area contributed by atoms with Gasteiger partial charge in [0, 0.05) is 5.71 Å². The quantitative estimate of drug-likeness (QED) is 0.466. The molecule has 0 aromatic rings. The number of nitrogens with zero attached hydrogens (tertiary/aromatic N) is 1. The van der Waals surface area contributed by atoms with Crippen LogP contribution in [0.25, 0.3) is 0 Å². The molecule has 1 heteroatoms. The Morgan fingerprint density at radius 2 is 1.80 bits per heavy atom. The molecule has 0 amide bonds. The summed E-state index contributed by atoms with van der Waals surface area (Å²) in [5, 5.41) is 0. The summed E-state index contributed by atoms with van der Waals surface area (Å²) in [5.41, 5.74) is 3.55. The largest absolute Gasteiger partial charge is 0.254 e. The van der Waals surface area contributed by atoms with Crippen molar-refractivity contribution in [2.45, 2.75) is 20.8 Å². The van der Waals surface area contributed by atoms with E-state index in [0.717, 1.165) is 16.9 Å². The first-order valence-corrected chi connectivity index (χ1v) is 4.88. The molecule has 0 bridgehead atoms. The molecule has 1 nitrogen and oxygen atoms in total. The second kappa shape index (κ2) is 6.77. The number of rotatable bonds is 5. The zero-order chi connectivity index (χ0) is 11.8. The highest BCUT2D eigenvalue weighted by atomic mass is 14.8. The molecule has 0 aliphatic rings. The zero-order valence-electron chi connectivity index (χ0n) is 9.88. The Hall–Kier alpha value is -1.63. The summed E-state index contributed by atoms with van der Waals surface area (Å²) in [6.07, 6.45) is 7.49. The van der Waals surface area contributed by atoms with Crippen molar-refractivity contribution < 1.29 is 0 Å². The third-order valence-corrected chi connectivity index (χ3v) is 1.98. The summed E-state index contributed by atoms with van der Waals surface area (Å²) in [5.74, 6) is 0. The van der Waals surface area contributed by atoms with Crippen LogP contribution in [0.3, 0.4) is 0 Å². The molecule has 0 aliphatic heterocycles. The molecule has 80 valence electrons. The van der Waals surface area contributed by atoms with Crippen molar-refractivity contribution in [1.82, 2.24) is 0 Å². The average molecular weight is 201 g/mol. The second-order valence-electron chi connectivity index (χ2n) is 3.25. The van der Waals surface area contributed by atoms with E-state index in [4.69, 9.17) is 0 Å². The Bertz CT molecular complexity index is 352. The fourth-order valence-electron chi connectivity index (χ4n) is 0.957. The monoisotopic (exact) mass is 201 g/mol. The predicted octanol–water partition coefficient (Wildman–Crippen LogP) is 4.23. The maximum atomic E-state index is 4.37. The molecule has 0 spiro atoms. The molecule has 15 heavy (non-hydrogen) atoms. The molecule has 0 unspecified atom stereocenters. The molecule has 0 saturated carbocycles. The van der Waals surface area contributed by atoms with Crippen LogP contribution in [0.2, 0.25) is 0 Å². The first-order chi connectivity index (χ1) is 7.02. The third-order valence-electron chi connectivity index (χ3n) is 1.98. The van der Waals surface area contributed by atoms with E-state index >= 15 is 0 Å². The van der Waals surface area contributed by atoms with Gasteiger partial charge in [0.1, 0.15) is 0 Å². The molecule has 0 rings (SSSR count). The molecule has 0 atom stereocenters. The van der Waals surface area contributed by atoms with E-state index in [1.807, 2.05) is 39.0 Å². The van der Waals surface area contributed by atoms with Gasteiger partial charge in [-0.05, 0) is 31.9 Å². The summed E-state index contributed by atoms with van der Waals surface area (Å²) in [6.45, 7) is 17.3. The number of allylic oxidation sites excluding steroid dienone is 5. The topological polar surface area (TPSA) is 12.4 Å². The van der Waals surface area contributed by atoms with Gasteiger partial charge >= 0.3 is 0 Å².